The van der Waals surface area contributed by atoms with Gasteiger partial charge in [-0.05, 0) is 43.3 Å². The van der Waals surface area contributed by atoms with Gasteiger partial charge in [0.05, 0.1) is 12.3 Å². The standard InChI is InChI=1S/C20H14F2N4O3/c1-2-28-14-6-3-12(4-7-14)19-23-20(29-25-19)18-17(27)9-10-26(24-18)13-5-8-15(21)16(22)11-13/h3-11H,2H2,1H3. The van der Waals surface area contributed by atoms with Crippen LogP contribution in [0.3, 0.4) is 0 Å². The summed E-state index contributed by atoms with van der Waals surface area (Å²) in [5, 5.41) is 8.01. The largest absolute Gasteiger partial charge is 0.494 e. The van der Waals surface area contributed by atoms with E-state index < -0.39 is 17.1 Å². The Morgan fingerprint density at radius 1 is 1.07 bits per heavy atom. The first-order chi connectivity index (χ1) is 14.0. The van der Waals surface area contributed by atoms with Crippen molar-refractivity contribution in [3.8, 4) is 34.4 Å². The number of ether oxygens (including phenoxy) is 1. The number of rotatable bonds is 5. The maximum absolute atomic E-state index is 13.5. The van der Waals surface area contributed by atoms with E-state index in [0.29, 0.717) is 17.9 Å². The van der Waals surface area contributed by atoms with Gasteiger partial charge in [0.2, 0.25) is 11.3 Å². The minimum Gasteiger partial charge on any atom is -0.494 e. The van der Waals surface area contributed by atoms with Gasteiger partial charge in [-0.3, -0.25) is 4.79 Å². The smallest absolute Gasteiger partial charge is 0.282 e. The Hall–Kier alpha value is -3.88. The van der Waals surface area contributed by atoms with Gasteiger partial charge in [0.15, 0.2) is 17.3 Å². The molecule has 0 spiro atoms. The lowest BCUT2D eigenvalue weighted by atomic mass is 10.2. The zero-order valence-corrected chi connectivity index (χ0v) is 15.2. The van der Waals surface area contributed by atoms with Crippen LogP contribution in [-0.4, -0.2) is 26.5 Å². The molecule has 4 aromatic rings. The molecule has 146 valence electrons. The van der Waals surface area contributed by atoms with Crippen LogP contribution in [0.15, 0.2) is 64.0 Å². The van der Waals surface area contributed by atoms with Gasteiger partial charge < -0.3 is 9.26 Å². The van der Waals surface area contributed by atoms with E-state index in [1.54, 1.807) is 24.3 Å². The van der Waals surface area contributed by atoms with E-state index in [2.05, 4.69) is 15.2 Å². The molecule has 29 heavy (non-hydrogen) atoms. The van der Waals surface area contributed by atoms with E-state index >= 15 is 0 Å². The Labute approximate surface area is 163 Å². The van der Waals surface area contributed by atoms with Crippen molar-refractivity contribution in [2.45, 2.75) is 6.92 Å². The monoisotopic (exact) mass is 396 g/mol. The molecule has 0 N–H and O–H groups in total. The maximum Gasteiger partial charge on any atom is 0.282 e. The average Bonchev–Trinajstić information content (AvgIpc) is 3.21. The molecule has 0 saturated carbocycles. The molecule has 2 heterocycles. The molecular weight excluding hydrogens is 382 g/mol. The van der Waals surface area contributed by atoms with Gasteiger partial charge in [-0.25, -0.2) is 13.5 Å². The summed E-state index contributed by atoms with van der Waals surface area (Å²) in [7, 11) is 0. The molecule has 0 fully saturated rings. The van der Waals surface area contributed by atoms with Crippen molar-refractivity contribution in [3.05, 3.63) is 76.6 Å². The van der Waals surface area contributed by atoms with Crippen molar-refractivity contribution >= 4 is 0 Å². The fourth-order valence-corrected chi connectivity index (χ4v) is 2.63. The predicted octanol–water partition coefficient (Wildman–Crippen LogP) is 3.63. The molecule has 9 heteroatoms. The lowest BCUT2D eigenvalue weighted by Gasteiger charge is -2.06. The molecule has 0 aliphatic heterocycles. The molecule has 0 aliphatic carbocycles. The first-order valence-corrected chi connectivity index (χ1v) is 8.68. The number of hydrogen-bond acceptors (Lipinski definition) is 6. The first-order valence-electron chi connectivity index (χ1n) is 8.68. The van der Waals surface area contributed by atoms with Gasteiger partial charge in [0, 0.05) is 23.9 Å². The zero-order chi connectivity index (χ0) is 20.4. The molecule has 2 aromatic carbocycles. The summed E-state index contributed by atoms with van der Waals surface area (Å²) in [6.45, 7) is 2.44. The van der Waals surface area contributed by atoms with Crippen LogP contribution in [0.4, 0.5) is 8.78 Å². The fourth-order valence-electron chi connectivity index (χ4n) is 2.63. The highest BCUT2D eigenvalue weighted by molar-refractivity contribution is 5.58. The third kappa shape index (κ3) is 3.75. The normalized spacial score (nSPS) is 10.9. The van der Waals surface area contributed by atoms with Crippen LogP contribution in [0, 0.1) is 11.6 Å². The second-order valence-electron chi connectivity index (χ2n) is 5.95. The Morgan fingerprint density at radius 2 is 1.86 bits per heavy atom. The minimum atomic E-state index is -1.03. The third-order valence-corrected chi connectivity index (χ3v) is 4.03. The third-order valence-electron chi connectivity index (χ3n) is 4.03. The summed E-state index contributed by atoms with van der Waals surface area (Å²) >= 11 is 0. The molecule has 0 atom stereocenters. The highest BCUT2D eigenvalue weighted by atomic mass is 19.2. The Kier molecular flexibility index (Phi) is 4.86. The van der Waals surface area contributed by atoms with E-state index in [1.165, 1.54) is 23.0 Å². The van der Waals surface area contributed by atoms with Crippen LogP contribution in [0.25, 0.3) is 28.7 Å². The molecule has 0 bridgehead atoms. The number of hydrogen-bond donors (Lipinski definition) is 0. The van der Waals surface area contributed by atoms with Gasteiger partial charge in [-0.1, -0.05) is 5.16 Å². The number of nitrogens with zero attached hydrogens (tertiary/aromatic N) is 4. The molecule has 0 saturated heterocycles. The van der Waals surface area contributed by atoms with E-state index in [4.69, 9.17) is 9.26 Å². The summed E-state index contributed by atoms with van der Waals surface area (Å²) in [5.41, 5.74) is 0.337. The van der Waals surface area contributed by atoms with Crippen LogP contribution in [0.1, 0.15) is 6.92 Å². The topological polar surface area (TPSA) is 83.0 Å². The zero-order valence-electron chi connectivity index (χ0n) is 15.2. The van der Waals surface area contributed by atoms with Crippen LogP contribution in [-0.2, 0) is 0 Å². The summed E-state index contributed by atoms with van der Waals surface area (Å²) < 4.78 is 38.5. The predicted molar refractivity (Wildman–Crippen MR) is 99.6 cm³/mol. The number of halogens is 2. The van der Waals surface area contributed by atoms with Gasteiger partial charge in [0.1, 0.15) is 5.75 Å². The molecule has 0 amide bonds. The van der Waals surface area contributed by atoms with Gasteiger partial charge in [0.25, 0.3) is 5.89 Å². The summed E-state index contributed by atoms with van der Waals surface area (Å²) in [6, 6.07) is 11.6. The molecular formula is C20H14F2N4O3. The van der Waals surface area contributed by atoms with Crippen molar-refractivity contribution < 1.29 is 18.0 Å². The Bertz CT molecular complexity index is 1220. The van der Waals surface area contributed by atoms with Gasteiger partial charge >= 0.3 is 0 Å². The first kappa shape index (κ1) is 18.5. The maximum atomic E-state index is 13.5. The SMILES string of the molecule is CCOc1ccc(-c2noc(-c3nn(-c4ccc(F)c(F)c4)ccc3=O)n2)cc1. The van der Waals surface area contributed by atoms with Crippen LogP contribution in [0.5, 0.6) is 5.75 Å². The highest BCUT2D eigenvalue weighted by Crippen LogP contribution is 2.22. The Balaban J connectivity index is 1.68. The lowest BCUT2D eigenvalue weighted by Crippen LogP contribution is -2.13. The van der Waals surface area contributed by atoms with E-state index in [1.807, 2.05) is 6.92 Å². The molecule has 0 radical (unpaired) electrons. The second-order valence-corrected chi connectivity index (χ2v) is 5.95. The molecule has 4 rings (SSSR count). The fraction of sp³-hybridized carbons (Fsp3) is 0.100. The van der Waals surface area contributed by atoms with Gasteiger partial charge in [-0.2, -0.15) is 10.1 Å². The molecule has 7 nitrogen and oxygen atoms in total. The number of benzene rings is 2. The van der Waals surface area contributed by atoms with Crippen molar-refractivity contribution in [1.29, 1.82) is 0 Å². The van der Waals surface area contributed by atoms with Crippen LogP contribution in [0.2, 0.25) is 0 Å². The van der Waals surface area contributed by atoms with E-state index in [0.717, 1.165) is 12.1 Å². The summed E-state index contributed by atoms with van der Waals surface area (Å²) in [5.74, 6) is -1.12. The molecule has 0 aliphatic rings. The molecule has 2 aromatic heterocycles. The highest BCUT2D eigenvalue weighted by Gasteiger charge is 2.16. The number of aromatic nitrogens is 4. The summed E-state index contributed by atoms with van der Waals surface area (Å²) in [4.78, 5) is 16.5. The van der Waals surface area contributed by atoms with E-state index in [-0.39, 0.29) is 23.1 Å². The summed E-state index contributed by atoms with van der Waals surface area (Å²) in [6.07, 6.45) is 1.34. The van der Waals surface area contributed by atoms with Crippen LogP contribution >= 0.6 is 0 Å². The molecule has 0 unspecified atom stereocenters. The van der Waals surface area contributed by atoms with Crippen molar-refractivity contribution in [2.75, 3.05) is 6.61 Å². The average molecular weight is 396 g/mol. The minimum absolute atomic E-state index is 0.0872. The quantitative estimate of drug-likeness (QED) is 0.512. The Morgan fingerprint density at radius 3 is 2.59 bits per heavy atom. The van der Waals surface area contributed by atoms with Gasteiger partial charge in [-0.15, -0.1) is 0 Å². The van der Waals surface area contributed by atoms with Crippen molar-refractivity contribution in [2.24, 2.45) is 0 Å². The van der Waals surface area contributed by atoms with Crippen LogP contribution < -0.4 is 10.2 Å². The van der Waals surface area contributed by atoms with E-state index in [9.17, 15) is 13.6 Å². The second kappa shape index (κ2) is 7.63. The lowest BCUT2D eigenvalue weighted by molar-refractivity contribution is 0.340. The van der Waals surface area contributed by atoms with Crippen molar-refractivity contribution in [1.82, 2.24) is 19.9 Å². The van der Waals surface area contributed by atoms with Crippen molar-refractivity contribution in [3.63, 3.8) is 0 Å².